The summed E-state index contributed by atoms with van der Waals surface area (Å²) >= 11 is 6.09. The molecular weight excluding hydrogens is 451 g/mol. The summed E-state index contributed by atoms with van der Waals surface area (Å²) in [5, 5.41) is 11.4. The van der Waals surface area contributed by atoms with Gasteiger partial charge in [-0.2, -0.15) is 0 Å². The number of hydrogen-bond donors (Lipinski definition) is 1. The Balaban J connectivity index is 1.53. The number of amides is 1. The summed E-state index contributed by atoms with van der Waals surface area (Å²) in [6.45, 7) is 0.525. The van der Waals surface area contributed by atoms with E-state index in [1.807, 2.05) is 24.3 Å². The summed E-state index contributed by atoms with van der Waals surface area (Å²) in [7, 11) is 1.77. The van der Waals surface area contributed by atoms with E-state index >= 15 is 0 Å². The smallest absolute Gasteiger partial charge is 0.233 e. The van der Waals surface area contributed by atoms with Gasteiger partial charge in [-0.25, -0.2) is 4.39 Å². The second kappa shape index (κ2) is 9.29. The highest BCUT2D eigenvalue weighted by molar-refractivity contribution is 9.10. The van der Waals surface area contributed by atoms with E-state index < -0.39 is 0 Å². The molecule has 0 radical (unpaired) electrons. The number of nitrogens with one attached hydrogen (secondary N) is 1. The lowest BCUT2D eigenvalue weighted by Crippen LogP contribution is -2.27. The lowest BCUT2D eigenvalue weighted by atomic mass is 10.2. The van der Waals surface area contributed by atoms with Crippen LogP contribution in [-0.4, -0.2) is 33.8 Å². The zero-order chi connectivity index (χ0) is 19.2. The highest BCUT2D eigenvalue weighted by atomic mass is 79.9. The molecule has 2 aromatic carbocycles. The SMILES string of the molecule is CN(Cc1ccccc1Br)C(=O)CSc1nnc(Nc2ccccc2F)s1. The van der Waals surface area contributed by atoms with E-state index in [1.165, 1.54) is 29.2 Å². The van der Waals surface area contributed by atoms with Crippen molar-refractivity contribution in [1.29, 1.82) is 0 Å². The number of para-hydroxylation sites is 1. The first-order chi connectivity index (χ1) is 13.0. The number of rotatable bonds is 7. The molecule has 3 rings (SSSR count). The van der Waals surface area contributed by atoms with Crippen molar-refractivity contribution < 1.29 is 9.18 Å². The van der Waals surface area contributed by atoms with Gasteiger partial charge in [0.15, 0.2) is 4.34 Å². The van der Waals surface area contributed by atoms with Crippen LogP contribution in [0.15, 0.2) is 57.3 Å². The number of anilines is 2. The molecule has 0 aliphatic heterocycles. The number of carbonyl (C=O) groups excluding carboxylic acids is 1. The molecule has 0 unspecified atom stereocenters. The number of benzene rings is 2. The fourth-order valence-electron chi connectivity index (χ4n) is 2.20. The molecule has 0 saturated heterocycles. The van der Waals surface area contributed by atoms with Gasteiger partial charge in [-0.1, -0.05) is 69.4 Å². The molecule has 0 aliphatic rings. The monoisotopic (exact) mass is 466 g/mol. The van der Waals surface area contributed by atoms with E-state index in [0.717, 1.165) is 10.0 Å². The Labute approximate surface area is 173 Å². The second-order valence-corrected chi connectivity index (χ2v) is 8.66. The Hall–Kier alpha value is -1.97. The van der Waals surface area contributed by atoms with E-state index in [4.69, 9.17) is 0 Å². The lowest BCUT2D eigenvalue weighted by molar-refractivity contribution is -0.127. The minimum Gasteiger partial charge on any atom is -0.341 e. The summed E-state index contributed by atoms with van der Waals surface area (Å²) in [5.41, 5.74) is 1.39. The zero-order valence-corrected chi connectivity index (χ0v) is 17.6. The highest BCUT2D eigenvalue weighted by Crippen LogP contribution is 2.28. The summed E-state index contributed by atoms with van der Waals surface area (Å²) in [5.74, 6) is -0.102. The van der Waals surface area contributed by atoms with Crippen LogP contribution in [0, 0.1) is 5.82 Å². The van der Waals surface area contributed by atoms with Crippen LogP contribution in [0.1, 0.15) is 5.56 Å². The van der Waals surface area contributed by atoms with Gasteiger partial charge in [-0.3, -0.25) is 4.79 Å². The third kappa shape index (κ3) is 5.50. The van der Waals surface area contributed by atoms with Crippen LogP contribution in [0.5, 0.6) is 0 Å². The molecule has 140 valence electrons. The predicted octanol–water partition coefficient (Wildman–Crippen LogP) is 4.93. The van der Waals surface area contributed by atoms with E-state index in [0.29, 0.717) is 21.7 Å². The van der Waals surface area contributed by atoms with Gasteiger partial charge in [0, 0.05) is 18.1 Å². The van der Waals surface area contributed by atoms with Crippen molar-refractivity contribution in [2.24, 2.45) is 0 Å². The van der Waals surface area contributed by atoms with E-state index in [9.17, 15) is 9.18 Å². The number of thioether (sulfide) groups is 1. The molecule has 5 nitrogen and oxygen atoms in total. The molecule has 1 N–H and O–H groups in total. The molecule has 0 bridgehead atoms. The lowest BCUT2D eigenvalue weighted by Gasteiger charge is -2.17. The Morgan fingerprint density at radius 2 is 1.96 bits per heavy atom. The number of aromatic nitrogens is 2. The normalized spacial score (nSPS) is 10.6. The van der Waals surface area contributed by atoms with Crippen LogP contribution in [-0.2, 0) is 11.3 Å². The fourth-order valence-corrected chi connectivity index (χ4v) is 4.32. The van der Waals surface area contributed by atoms with E-state index in [1.54, 1.807) is 30.1 Å². The van der Waals surface area contributed by atoms with Crippen LogP contribution in [0.2, 0.25) is 0 Å². The first-order valence-corrected chi connectivity index (χ1v) is 10.6. The van der Waals surface area contributed by atoms with Crippen molar-refractivity contribution in [3.05, 3.63) is 64.4 Å². The van der Waals surface area contributed by atoms with Crippen LogP contribution < -0.4 is 5.32 Å². The van der Waals surface area contributed by atoms with Crippen molar-refractivity contribution in [2.45, 2.75) is 10.9 Å². The standard InChI is InChI=1S/C18H16BrFN4OS2/c1-24(10-12-6-2-3-7-13(12)19)16(25)11-26-18-23-22-17(27-18)21-15-9-5-4-8-14(15)20/h2-9H,10-11H2,1H3,(H,21,22). The van der Waals surface area contributed by atoms with Crippen LogP contribution in [0.25, 0.3) is 0 Å². The van der Waals surface area contributed by atoms with Crippen LogP contribution >= 0.6 is 39.0 Å². The summed E-state index contributed by atoms with van der Waals surface area (Å²) in [6, 6.07) is 14.2. The maximum absolute atomic E-state index is 13.7. The Morgan fingerprint density at radius 1 is 1.22 bits per heavy atom. The third-order valence-corrected chi connectivity index (χ3v) is 6.36. The molecule has 9 heteroatoms. The number of halogens is 2. The van der Waals surface area contributed by atoms with Gasteiger partial charge in [-0.05, 0) is 23.8 Å². The molecule has 1 heterocycles. The number of carbonyl (C=O) groups is 1. The van der Waals surface area contributed by atoms with E-state index in [2.05, 4.69) is 31.4 Å². The molecular formula is C18H16BrFN4OS2. The minimum atomic E-state index is -0.356. The number of nitrogens with zero attached hydrogens (tertiary/aromatic N) is 3. The molecule has 3 aromatic rings. The maximum atomic E-state index is 13.7. The van der Waals surface area contributed by atoms with Gasteiger partial charge >= 0.3 is 0 Å². The summed E-state index contributed by atoms with van der Waals surface area (Å²) < 4.78 is 15.3. The van der Waals surface area contributed by atoms with Gasteiger partial charge in [0.1, 0.15) is 5.82 Å². The molecule has 0 atom stereocenters. The average Bonchev–Trinajstić information content (AvgIpc) is 3.11. The Bertz CT molecular complexity index is 937. The van der Waals surface area contributed by atoms with Gasteiger partial charge in [0.2, 0.25) is 11.0 Å². The van der Waals surface area contributed by atoms with Gasteiger partial charge in [0.25, 0.3) is 0 Å². The average molecular weight is 467 g/mol. The molecule has 1 amide bonds. The third-order valence-electron chi connectivity index (χ3n) is 3.63. The fraction of sp³-hybridized carbons (Fsp3) is 0.167. The topological polar surface area (TPSA) is 58.1 Å². The first-order valence-electron chi connectivity index (χ1n) is 7.98. The first kappa shape index (κ1) is 19.8. The Kier molecular flexibility index (Phi) is 6.81. The van der Waals surface area contributed by atoms with Gasteiger partial charge in [-0.15, -0.1) is 10.2 Å². The molecule has 0 aliphatic carbocycles. The van der Waals surface area contributed by atoms with Gasteiger partial charge in [0.05, 0.1) is 11.4 Å². The van der Waals surface area contributed by atoms with Crippen molar-refractivity contribution in [3.63, 3.8) is 0 Å². The Morgan fingerprint density at radius 3 is 2.74 bits per heavy atom. The molecule has 0 fully saturated rings. The molecule has 0 spiro atoms. The predicted molar refractivity (Wildman–Crippen MR) is 111 cm³/mol. The molecule has 0 saturated carbocycles. The molecule has 27 heavy (non-hydrogen) atoms. The maximum Gasteiger partial charge on any atom is 0.233 e. The quantitative estimate of drug-likeness (QED) is 0.500. The summed E-state index contributed by atoms with van der Waals surface area (Å²) in [4.78, 5) is 14.0. The van der Waals surface area contributed by atoms with Crippen LogP contribution in [0.4, 0.5) is 15.2 Å². The van der Waals surface area contributed by atoms with Gasteiger partial charge < -0.3 is 10.2 Å². The van der Waals surface area contributed by atoms with Crippen molar-refractivity contribution in [3.8, 4) is 0 Å². The van der Waals surface area contributed by atoms with Crippen LogP contribution in [0.3, 0.4) is 0 Å². The summed E-state index contributed by atoms with van der Waals surface area (Å²) in [6.07, 6.45) is 0. The zero-order valence-electron chi connectivity index (χ0n) is 14.4. The van der Waals surface area contributed by atoms with Crippen molar-refractivity contribution >= 4 is 55.8 Å². The number of hydrogen-bond acceptors (Lipinski definition) is 6. The highest BCUT2D eigenvalue weighted by Gasteiger charge is 2.14. The second-order valence-electron chi connectivity index (χ2n) is 5.61. The van der Waals surface area contributed by atoms with Crippen molar-refractivity contribution in [2.75, 3.05) is 18.1 Å². The largest absolute Gasteiger partial charge is 0.341 e. The molecule has 1 aromatic heterocycles. The minimum absolute atomic E-state index is 0.00503. The van der Waals surface area contributed by atoms with E-state index in [-0.39, 0.29) is 17.5 Å². The van der Waals surface area contributed by atoms with Crippen molar-refractivity contribution in [1.82, 2.24) is 15.1 Å².